The van der Waals surface area contributed by atoms with Crippen molar-refractivity contribution in [2.24, 2.45) is 5.92 Å². The zero-order valence-corrected chi connectivity index (χ0v) is 7.36. The highest BCUT2D eigenvalue weighted by Gasteiger charge is 2.26. The predicted molar refractivity (Wildman–Crippen MR) is 39.3 cm³/mol. The van der Waals surface area contributed by atoms with Gasteiger partial charge in [0.25, 0.3) is 0 Å². The summed E-state index contributed by atoms with van der Waals surface area (Å²) in [5.41, 5.74) is 0. The molecule has 1 aliphatic heterocycles. The molecule has 0 spiro atoms. The van der Waals surface area contributed by atoms with E-state index in [2.05, 4.69) is 0 Å². The van der Waals surface area contributed by atoms with E-state index in [-0.39, 0.29) is 12.5 Å². The van der Waals surface area contributed by atoms with Gasteiger partial charge in [0.1, 0.15) is 6.09 Å². The van der Waals surface area contributed by atoms with Gasteiger partial charge in [-0.15, -0.1) is 0 Å². The monoisotopic (exact) mass is 185 g/mol. The van der Waals surface area contributed by atoms with Crippen molar-refractivity contribution in [2.45, 2.75) is 25.8 Å². The lowest BCUT2D eigenvalue weighted by molar-refractivity contribution is -0.317. The van der Waals surface area contributed by atoms with Crippen LogP contribution in [0.15, 0.2) is 0 Å². The van der Waals surface area contributed by atoms with Crippen LogP contribution in [0.5, 0.6) is 0 Å². The van der Waals surface area contributed by atoms with E-state index in [0.717, 1.165) is 4.90 Å². The normalized spacial score (nSPS) is 28.5. The van der Waals surface area contributed by atoms with E-state index in [4.69, 9.17) is 0 Å². The van der Waals surface area contributed by atoms with Gasteiger partial charge in [0.15, 0.2) is 0 Å². The lowest BCUT2D eigenvalue weighted by Crippen LogP contribution is -2.57. The second-order valence-electron chi connectivity index (χ2n) is 3.42. The van der Waals surface area contributed by atoms with Gasteiger partial charge in [0, 0.05) is 6.54 Å². The molecular weight excluding hydrogens is 174 g/mol. The number of likely N-dealkylation sites (tertiary alicyclic amines) is 1. The molecule has 13 heavy (non-hydrogen) atoms. The van der Waals surface area contributed by atoms with Crippen LogP contribution >= 0.6 is 0 Å². The average molecular weight is 185 g/mol. The van der Waals surface area contributed by atoms with Crippen molar-refractivity contribution in [2.75, 3.05) is 6.54 Å². The molecular formula is C8H11NO4-2. The number of carboxylic acids is 1. The number of aliphatic carboxylic acids is 1. The molecule has 2 atom stereocenters. The van der Waals surface area contributed by atoms with Crippen LogP contribution in [-0.2, 0) is 4.79 Å². The van der Waals surface area contributed by atoms with Gasteiger partial charge >= 0.3 is 0 Å². The highest BCUT2D eigenvalue weighted by molar-refractivity contribution is 5.77. The molecule has 0 N–H and O–H groups in total. The number of carbonyl (C=O) groups excluding carboxylic acids is 2. The van der Waals surface area contributed by atoms with E-state index in [1.807, 2.05) is 6.92 Å². The number of hydrogen-bond acceptors (Lipinski definition) is 4. The van der Waals surface area contributed by atoms with Gasteiger partial charge < -0.3 is 24.7 Å². The van der Waals surface area contributed by atoms with Crippen LogP contribution in [0.4, 0.5) is 4.79 Å². The SMILES string of the molecule is C[C@@H]1CCN(C(=O)[O-])[C@@H](C(=O)[O-])C1. The van der Waals surface area contributed by atoms with E-state index in [1.165, 1.54) is 0 Å². The summed E-state index contributed by atoms with van der Waals surface area (Å²) < 4.78 is 0. The van der Waals surface area contributed by atoms with Crippen molar-refractivity contribution in [3.05, 3.63) is 0 Å². The van der Waals surface area contributed by atoms with Crippen LogP contribution in [0.2, 0.25) is 0 Å². The molecule has 0 radical (unpaired) electrons. The summed E-state index contributed by atoms with van der Waals surface area (Å²) in [7, 11) is 0. The highest BCUT2D eigenvalue weighted by atomic mass is 16.4. The number of nitrogens with zero attached hydrogens (tertiary/aromatic N) is 1. The first kappa shape index (κ1) is 9.83. The molecule has 1 aliphatic rings. The Hall–Kier alpha value is -1.26. The van der Waals surface area contributed by atoms with Gasteiger partial charge in [-0.05, 0) is 18.8 Å². The summed E-state index contributed by atoms with van der Waals surface area (Å²) >= 11 is 0. The van der Waals surface area contributed by atoms with Crippen molar-refractivity contribution >= 4 is 12.1 Å². The van der Waals surface area contributed by atoms with E-state index < -0.39 is 18.1 Å². The minimum absolute atomic E-state index is 0.221. The summed E-state index contributed by atoms with van der Waals surface area (Å²) in [5.74, 6) is -1.12. The first-order chi connectivity index (χ1) is 6.02. The summed E-state index contributed by atoms with van der Waals surface area (Å²) in [4.78, 5) is 21.9. The maximum absolute atomic E-state index is 10.6. The molecule has 5 nitrogen and oxygen atoms in total. The quantitative estimate of drug-likeness (QED) is 0.481. The Kier molecular flexibility index (Phi) is 2.75. The number of rotatable bonds is 1. The number of piperidine rings is 1. The first-order valence-corrected chi connectivity index (χ1v) is 4.21. The summed E-state index contributed by atoms with van der Waals surface area (Å²) in [5, 5.41) is 21.1. The molecule has 5 heteroatoms. The molecule has 74 valence electrons. The number of hydrogen-bond donors (Lipinski definition) is 0. The van der Waals surface area contributed by atoms with Crippen LogP contribution in [0, 0.1) is 5.92 Å². The Morgan fingerprint density at radius 3 is 2.46 bits per heavy atom. The fourth-order valence-electron chi connectivity index (χ4n) is 1.58. The second-order valence-corrected chi connectivity index (χ2v) is 3.42. The Labute approximate surface area is 76.0 Å². The summed E-state index contributed by atoms with van der Waals surface area (Å²) in [6.45, 7) is 2.12. The summed E-state index contributed by atoms with van der Waals surface area (Å²) in [6, 6.07) is -1.03. The third-order valence-corrected chi connectivity index (χ3v) is 2.37. The zero-order chi connectivity index (χ0) is 10.0. The molecule has 0 aliphatic carbocycles. The fourth-order valence-corrected chi connectivity index (χ4v) is 1.58. The van der Waals surface area contributed by atoms with E-state index in [1.54, 1.807) is 0 Å². The molecule has 0 aromatic rings. The topological polar surface area (TPSA) is 83.5 Å². The molecule has 0 saturated carbocycles. The Bertz CT molecular complexity index is 228. The van der Waals surface area contributed by atoms with Gasteiger partial charge in [-0.1, -0.05) is 6.92 Å². The Morgan fingerprint density at radius 1 is 1.38 bits per heavy atom. The van der Waals surface area contributed by atoms with Crippen molar-refractivity contribution in [1.29, 1.82) is 0 Å². The third-order valence-electron chi connectivity index (χ3n) is 2.37. The molecule has 1 heterocycles. The maximum atomic E-state index is 10.6. The van der Waals surface area contributed by atoms with Crippen molar-refractivity contribution in [1.82, 2.24) is 4.90 Å². The zero-order valence-electron chi connectivity index (χ0n) is 7.36. The fraction of sp³-hybridized carbons (Fsp3) is 0.750. The Morgan fingerprint density at radius 2 is 2.00 bits per heavy atom. The lowest BCUT2D eigenvalue weighted by atomic mass is 9.93. The highest BCUT2D eigenvalue weighted by Crippen LogP contribution is 2.21. The van der Waals surface area contributed by atoms with Crippen LogP contribution in [0.25, 0.3) is 0 Å². The van der Waals surface area contributed by atoms with Gasteiger partial charge in [-0.2, -0.15) is 0 Å². The largest absolute Gasteiger partial charge is 0.548 e. The predicted octanol–water partition coefficient (Wildman–Crippen LogP) is -1.82. The van der Waals surface area contributed by atoms with Crippen LogP contribution in [0.3, 0.4) is 0 Å². The lowest BCUT2D eigenvalue weighted by Gasteiger charge is -2.40. The number of carboxylic acid groups (broad SMARTS) is 2. The van der Waals surface area contributed by atoms with Crippen LogP contribution < -0.4 is 10.2 Å². The number of carbonyl (C=O) groups is 2. The molecule has 0 bridgehead atoms. The average Bonchev–Trinajstić information content (AvgIpc) is 2.03. The molecule has 0 aromatic heterocycles. The van der Waals surface area contributed by atoms with Crippen LogP contribution in [-0.4, -0.2) is 29.5 Å². The van der Waals surface area contributed by atoms with E-state index in [0.29, 0.717) is 12.8 Å². The van der Waals surface area contributed by atoms with Crippen molar-refractivity contribution < 1.29 is 19.8 Å². The van der Waals surface area contributed by atoms with Gasteiger partial charge in [-0.3, -0.25) is 0 Å². The first-order valence-electron chi connectivity index (χ1n) is 4.21. The minimum atomic E-state index is -1.43. The minimum Gasteiger partial charge on any atom is -0.548 e. The summed E-state index contributed by atoms with van der Waals surface area (Å²) in [6.07, 6.45) is -0.435. The molecule has 0 unspecified atom stereocenters. The van der Waals surface area contributed by atoms with E-state index in [9.17, 15) is 19.8 Å². The molecule has 1 fully saturated rings. The van der Waals surface area contributed by atoms with Crippen LogP contribution in [0.1, 0.15) is 19.8 Å². The Balaban J connectivity index is 2.72. The van der Waals surface area contributed by atoms with Crippen molar-refractivity contribution in [3.8, 4) is 0 Å². The van der Waals surface area contributed by atoms with Gasteiger partial charge in [-0.25, -0.2) is 0 Å². The standard InChI is InChI=1S/C8H13NO4/c1-5-2-3-9(8(12)13)6(4-5)7(10)11/h5-6H,2-4H2,1H3,(H,10,11)(H,12,13)/p-2/t5-,6-/m1/s1. The maximum Gasteiger partial charge on any atom is 0.137 e. The molecule has 1 saturated heterocycles. The van der Waals surface area contributed by atoms with Gasteiger partial charge in [0.05, 0.1) is 12.0 Å². The second kappa shape index (κ2) is 3.64. The number of amides is 1. The van der Waals surface area contributed by atoms with E-state index >= 15 is 0 Å². The molecule has 0 aromatic carbocycles. The molecule has 1 amide bonds. The van der Waals surface area contributed by atoms with Gasteiger partial charge in [0.2, 0.25) is 0 Å². The smallest absolute Gasteiger partial charge is 0.137 e. The third kappa shape index (κ3) is 2.11. The molecule has 1 rings (SSSR count). The van der Waals surface area contributed by atoms with Crippen molar-refractivity contribution in [3.63, 3.8) is 0 Å².